The molecule has 0 saturated heterocycles. The summed E-state index contributed by atoms with van der Waals surface area (Å²) in [6.07, 6.45) is 0. The second-order valence-electron chi connectivity index (χ2n) is 7.03. The van der Waals surface area contributed by atoms with E-state index in [4.69, 9.17) is 14.2 Å². The SMILES string of the molecule is COc1ccc(S(=O)(=O)N[C@H](C(=O)Nc2cc(OC)c(OC)cc2C)C(C)C)cc1. The minimum absolute atomic E-state index is 0.0454. The second-order valence-corrected chi connectivity index (χ2v) is 8.74. The molecule has 0 aliphatic heterocycles. The molecule has 1 atom stereocenters. The highest BCUT2D eigenvalue weighted by Crippen LogP contribution is 2.33. The molecule has 0 aromatic heterocycles. The van der Waals surface area contributed by atoms with Gasteiger partial charge >= 0.3 is 0 Å². The van der Waals surface area contributed by atoms with Crippen molar-refractivity contribution in [2.75, 3.05) is 26.6 Å². The molecule has 2 N–H and O–H groups in total. The number of methoxy groups -OCH3 is 3. The molecular formula is C21H28N2O6S. The zero-order chi connectivity index (χ0) is 22.5. The van der Waals surface area contributed by atoms with Gasteiger partial charge in [-0.2, -0.15) is 4.72 Å². The Hall–Kier alpha value is -2.78. The van der Waals surface area contributed by atoms with E-state index in [0.29, 0.717) is 22.9 Å². The van der Waals surface area contributed by atoms with Gasteiger partial charge < -0.3 is 19.5 Å². The molecule has 0 spiro atoms. The topological polar surface area (TPSA) is 103 Å². The number of hydrogen-bond acceptors (Lipinski definition) is 6. The average Bonchev–Trinajstić information content (AvgIpc) is 2.72. The van der Waals surface area contributed by atoms with Crippen LogP contribution in [0.3, 0.4) is 0 Å². The third-order valence-electron chi connectivity index (χ3n) is 4.59. The van der Waals surface area contributed by atoms with Crippen molar-refractivity contribution in [3.05, 3.63) is 42.0 Å². The van der Waals surface area contributed by atoms with Gasteiger partial charge in [-0.1, -0.05) is 13.8 Å². The number of ether oxygens (including phenoxy) is 3. The number of rotatable bonds is 9. The molecule has 0 fully saturated rings. The van der Waals surface area contributed by atoms with Gasteiger partial charge in [-0.3, -0.25) is 4.79 Å². The number of aryl methyl sites for hydroxylation is 1. The van der Waals surface area contributed by atoms with E-state index >= 15 is 0 Å². The van der Waals surface area contributed by atoms with Crippen molar-refractivity contribution >= 4 is 21.6 Å². The van der Waals surface area contributed by atoms with E-state index < -0.39 is 22.0 Å². The maximum atomic E-state index is 12.9. The Labute approximate surface area is 177 Å². The summed E-state index contributed by atoms with van der Waals surface area (Å²) < 4.78 is 43.7. The highest BCUT2D eigenvalue weighted by Gasteiger charge is 2.29. The summed E-state index contributed by atoms with van der Waals surface area (Å²) in [6, 6.07) is 8.34. The van der Waals surface area contributed by atoms with Gasteiger partial charge in [0.2, 0.25) is 15.9 Å². The van der Waals surface area contributed by atoms with Gasteiger partial charge in [0.25, 0.3) is 0 Å². The van der Waals surface area contributed by atoms with Crippen LogP contribution >= 0.6 is 0 Å². The van der Waals surface area contributed by atoms with E-state index in [2.05, 4.69) is 10.0 Å². The first-order valence-electron chi connectivity index (χ1n) is 9.32. The van der Waals surface area contributed by atoms with Crippen molar-refractivity contribution in [1.82, 2.24) is 4.72 Å². The Morgan fingerprint density at radius 3 is 2.00 bits per heavy atom. The van der Waals surface area contributed by atoms with Crippen molar-refractivity contribution in [1.29, 1.82) is 0 Å². The van der Waals surface area contributed by atoms with E-state index in [1.807, 2.05) is 6.92 Å². The number of carbonyl (C=O) groups excluding carboxylic acids is 1. The minimum Gasteiger partial charge on any atom is -0.497 e. The summed E-state index contributed by atoms with van der Waals surface area (Å²) in [4.78, 5) is 13.0. The number of carbonyl (C=O) groups is 1. The predicted octanol–water partition coefficient (Wildman–Crippen LogP) is 2.96. The third kappa shape index (κ3) is 5.43. The zero-order valence-corrected chi connectivity index (χ0v) is 18.8. The van der Waals surface area contributed by atoms with Gasteiger partial charge in [-0.15, -0.1) is 0 Å². The predicted molar refractivity (Wildman–Crippen MR) is 115 cm³/mol. The Kier molecular flexibility index (Phi) is 7.69. The molecule has 0 aliphatic carbocycles. The largest absolute Gasteiger partial charge is 0.497 e. The van der Waals surface area contributed by atoms with E-state index in [0.717, 1.165) is 5.56 Å². The molecule has 2 aromatic rings. The maximum absolute atomic E-state index is 12.9. The molecular weight excluding hydrogens is 408 g/mol. The minimum atomic E-state index is -3.91. The lowest BCUT2D eigenvalue weighted by atomic mass is 10.0. The summed E-state index contributed by atoms with van der Waals surface area (Å²) in [5.74, 6) is 0.763. The van der Waals surface area contributed by atoms with Gasteiger partial charge in [0.05, 0.1) is 26.2 Å². The summed E-state index contributed by atoms with van der Waals surface area (Å²) in [5, 5.41) is 2.79. The van der Waals surface area contributed by atoms with Crippen molar-refractivity contribution in [2.45, 2.75) is 31.7 Å². The van der Waals surface area contributed by atoms with E-state index in [1.165, 1.54) is 33.5 Å². The Morgan fingerprint density at radius 1 is 0.933 bits per heavy atom. The molecule has 0 bridgehead atoms. The molecule has 0 heterocycles. The molecule has 164 valence electrons. The number of amides is 1. The van der Waals surface area contributed by atoms with Gasteiger partial charge in [0.1, 0.15) is 11.8 Å². The first-order chi connectivity index (χ1) is 14.1. The Morgan fingerprint density at radius 2 is 1.50 bits per heavy atom. The fourth-order valence-corrected chi connectivity index (χ4v) is 4.15. The molecule has 9 heteroatoms. The summed E-state index contributed by atoms with van der Waals surface area (Å²) >= 11 is 0. The third-order valence-corrected chi connectivity index (χ3v) is 6.05. The van der Waals surface area contributed by atoms with Crippen LogP contribution in [-0.4, -0.2) is 41.7 Å². The molecule has 0 unspecified atom stereocenters. The molecule has 2 aromatic carbocycles. The Balaban J connectivity index is 2.26. The van der Waals surface area contributed by atoms with Crippen LogP contribution in [0.4, 0.5) is 5.69 Å². The monoisotopic (exact) mass is 436 g/mol. The normalized spacial score (nSPS) is 12.4. The molecule has 0 radical (unpaired) electrons. The molecule has 1 amide bonds. The van der Waals surface area contributed by atoms with Gasteiger partial charge in [-0.25, -0.2) is 8.42 Å². The van der Waals surface area contributed by atoms with Crippen LogP contribution in [0, 0.1) is 12.8 Å². The number of hydrogen-bond donors (Lipinski definition) is 2. The number of nitrogens with one attached hydrogen (secondary N) is 2. The van der Waals surface area contributed by atoms with Crippen LogP contribution in [0.5, 0.6) is 17.2 Å². The first kappa shape index (κ1) is 23.5. The van der Waals surface area contributed by atoms with E-state index in [-0.39, 0.29) is 10.8 Å². The highest BCUT2D eigenvalue weighted by atomic mass is 32.2. The standard InChI is InChI=1S/C21H28N2O6S/c1-13(2)20(23-30(25,26)16-9-7-15(27-4)8-10-16)21(24)22-17-12-19(29-6)18(28-5)11-14(17)3/h7-13,20,23H,1-6H3,(H,22,24)/t20-/m0/s1. The molecule has 0 aliphatic rings. The van der Waals surface area contributed by atoms with Crippen LogP contribution in [0.1, 0.15) is 19.4 Å². The van der Waals surface area contributed by atoms with Crippen LogP contribution in [-0.2, 0) is 14.8 Å². The second kappa shape index (κ2) is 9.82. The van der Waals surface area contributed by atoms with Crippen molar-refractivity contribution in [3.63, 3.8) is 0 Å². The average molecular weight is 437 g/mol. The van der Waals surface area contributed by atoms with Gasteiger partial charge in [-0.05, 0) is 48.7 Å². The van der Waals surface area contributed by atoms with E-state index in [1.54, 1.807) is 38.1 Å². The van der Waals surface area contributed by atoms with E-state index in [9.17, 15) is 13.2 Å². The number of benzene rings is 2. The lowest BCUT2D eigenvalue weighted by Gasteiger charge is -2.22. The van der Waals surface area contributed by atoms with Crippen molar-refractivity contribution in [2.24, 2.45) is 5.92 Å². The van der Waals surface area contributed by atoms with Crippen molar-refractivity contribution < 1.29 is 27.4 Å². The van der Waals surface area contributed by atoms with Crippen LogP contribution in [0.2, 0.25) is 0 Å². The van der Waals surface area contributed by atoms with Crippen molar-refractivity contribution in [3.8, 4) is 17.2 Å². The van der Waals surface area contributed by atoms with Gasteiger partial charge in [0.15, 0.2) is 11.5 Å². The molecule has 30 heavy (non-hydrogen) atoms. The highest BCUT2D eigenvalue weighted by molar-refractivity contribution is 7.89. The molecule has 0 saturated carbocycles. The zero-order valence-electron chi connectivity index (χ0n) is 18.0. The molecule has 2 rings (SSSR count). The first-order valence-corrected chi connectivity index (χ1v) is 10.8. The fraction of sp³-hybridized carbons (Fsp3) is 0.381. The number of anilines is 1. The quantitative estimate of drug-likeness (QED) is 0.627. The maximum Gasteiger partial charge on any atom is 0.242 e. The Bertz CT molecular complexity index is 987. The fourth-order valence-electron chi connectivity index (χ4n) is 2.81. The number of sulfonamides is 1. The van der Waals surface area contributed by atoms with Crippen LogP contribution < -0.4 is 24.2 Å². The summed E-state index contributed by atoms with van der Waals surface area (Å²) in [7, 11) is 0.610. The summed E-state index contributed by atoms with van der Waals surface area (Å²) in [5.41, 5.74) is 1.26. The van der Waals surface area contributed by atoms with Crippen LogP contribution in [0.25, 0.3) is 0 Å². The lowest BCUT2D eigenvalue weighted by molar-refractivity contribution is -0.118. The van der Waals surface area contributed by atoms with Gasteiger partial charge in [0, 0.05) is 11.8 Å². The molecule has 8 nitrogen and oxygen atoms in total. The smallest absolute Gasteiger partial charge is 0.242 e. The lowest BCUT2D eigenvalue weighted by Crippen LogP contribution is -2.47. The summed E-state index contributed by atoms with van der Waals surface area (Å²) in [6.45, 7) is 5.34. The van der Waals surface area contributed by atoms with Crippen LogP contribution in [0.15, 0.2) is 41.3 Å².